The Morgan fingerprint density at radius 3 is 2.30 bits per heavy atom. The number of rotatable bonds is 3. The molecule has 1 aromatic heterocycles. The predicted octanol–water partition coefficient (Wildman–Crippen LogP) is 4.04. The average molecular weight is 351 g/mol. The van der Waals surface area contributed by atoms with E-state index in [0.29, 0.717) is 0 Å². The van der Waals surface area contributed by atoms with Gasteiger partial charge in [0.05, 0.1) is 17.8 Å². The minimum absolute atomic E-state index is 1.03. The van der Waals surface area contributed by atoms with Crippen LogP contribution in [0, 0.1) is 0 Å². The maximum Gasteiger partial charge on any atom is 0.105 e. The minimum Gasteiger partial charge on any atom is -0.327 e. The number of aromatic nitrogens is 1. The van der Waals surface area contributed by atoms with Gasteiger partial charge in [0.25, 0.3) is 0 Å². The summed E-state index contributed by atoms with van der Waals surface area (Å²) in [4.78, 5) is 6.64. The summed E-state index contributed by atoms with van der Waals surface area (Å²) < 4.78 is 0. The fraction of sp³-hybridized carbons (Fsp3) is 0.160. The van der Waals surface area contributed by atoms with Crippen molar-refractivity contribution in [3.63, 3.8) is 0 Å². The van der Waals surface area contributed by atoms with Crippen LogP contribution in [0.25, 0.3) is 22.0 Å². The lowest BCUT2D eigenvalue weighted by molar-refractivity contribution is -0.929. The third-order valence-electron chi connectivity index (χ3n) is 5.58. The lowest BCUT2D eigenvalue weighted by Crippen LogP contribution is -3.10. The van der Waals surface area contributed by atoms with Crippen LogP contribution in [-0.4, -0.2) is 11.5 Å². The number of hydrogen-bond acceptors (Lipinski definition) is 1. The Labute approximate surface area is 160 Å². The second-order valence-electron chi connectivity index (χ2n) is 7.38. The molecule has 1 aliphatic rings. The summed E-state index contributed by atoms with van der Waals surface area (Å²) in [7, 11) is 0. The molecule has 0 spiro atoms. The van der Waals surface area contributed by atoms with E-state index in [4.69, 9.17) is 4.98 Å². The van der Waals surface area contributed by atoms with E-state index in [0.717, 1.165) is 31.6 Å². The first kappa shape index (κ1) is 16.2. The largest absolute Gasteiger partial charge is 0.327 e. The Hall–Kier alpha value is -2.97. The van der Waals surface area contributed by atoms with Crippen LogP contribution in [0.1, 0.15) is 16.8 Å². The first-order valence-electron chi connectivity index (χ1n) is 9.72. The highest BCUT2D eigenvalue weighted by Crippen LogP contribution is 2.33. The zero-order valence-electron chi connectivity index (χ0n) is 15.4. The summed E-state index contributed by atoms with van der Waals surface area (Å²) in [6.07, 6.45) is 1.04. The van der Waals surface area contributed by atoms with Crippen LogP contribution in [0.5, 0.6) is 0 Å². The van der Waals surface area contributed by atoms with Gasteiger partial charge in [0.1, 0.15) is 13.1 Å². The van der Waals surface area contributed by atoms with Crippen LogP contribution in [-0.2, 0) is 19.5 Å². The number of quaternary nitrogens is 1. The quantitative estimate of drug-likeness (QED) is 0.589. The van der Waals surface area contributed by atoms with Gasteiger partial charge in [-0.25, -0.2) is 0 Å². The van der Waals surface area contributed by atoms with Crippen LogP contribution >= 0.6 is 0 Å². The topological polar surface area (TPSA) is 17.3 Å². The van der Waals surface area contributed by atoms with Gasteiger partial charge >= 0.3 is 0 Å². The Kier molecular flexibility index (Phi) is 4.19. The van der Waals surface area contributed by atoms with E-state index < -0.39 is 0 Å². The molecular formula is C25H23N2+. The highest BCUT2D eigenvalue weighted by Gasteiger charge is 2.25. The maximum atomic E-state index is 5.03. The molecule has 0 fully saturated rings. The van der Waals surface area contributed by atoms with Crippen molar-refractivity contribution in [2.24, 2.45) is 0 Å². The number of benzene rings is 3. The molecule has 2 nitrogen and oxygen atoms in total. The van der Waals surface area contributed by atoms with E-state index >= 15 is 0 Å². The van der Waals surface area contributed by atoms with E-state index in [-0.39, 0.29) is 0 Å². The molecule has 4 aromatic rings. The van der Waals surface area contributed by atoms with Crippen molar-refractivity contribution < 1.29 is 4.90 Å². The molecule has 0 radical (unpaired) electrons. The molecule has 1 atom stereocenters. The van der Waals surface area contributed by atoms with Gasteiger partial charge in [-0.05, 0) is 11.6 Å². The number of pyridine rings is 1. The number of fused-ring (bicyclic) bond motifs is 2. The lowest BCUT2D eigenvalue weighted by atomic mass is 9.91. The van der Waals surface area contributed by atoms with Gasteiger partial charge in [-0.1, -0.05) is 78.9 Å². The predicted molar refractivity (Wildman–Crippen MR) is 111 cm³/mol. The Balaban J connectivity index is 1.61. The van der Waals surface area contributed by atoms with Crippen molar-refractivity contribution in [2.75, 3.05) is 6.54 Å². The standard InChI is InChI=1S/C25H22N2/c1-3-9-19(10-4-1)17-27-16-15-24-22(18-27)25(20-11-5-2-6-12-20)21-13-7-8-14-23(21)26-24/h1-14H,15-18H2/p+1. The SMILES string of the molecule is c1ccc(C[NH+]2CCc3nc4ccccc4c(-c4ccccc4)c3C2)cc1. The summed E-state index contributed by atoms with van der Waals surface area (Å²) in [5.41, 5.74) is 7.91. The molecule has 0 bridgehead atoms. The normalized spacial score (nSPS) is 16.2. The molecule has 0 saturated carbocycles. The van der Waals surface area contributed by atoms with Gasteiger partial charge in [-0.15, -0.1) is 0 Å². The van der Waals surface area contributed by atoms with Crippen molar-refractivity contribution in [2.45, 2.75) is 19.5 Å². The number of para-hydroxylation sites is 1. The molecule has 5 rings (SSSR count). The summed E-state index contributed by atoms with van der Waals surface area (Å²) in [5, 5.41) is 1.27. The zero-order chi connectivity index (χ0) is 18.1. The zero-order valence-corrected chi connectivity index (χ0v) is 15.4. The van der Waals surface area contributed by atoms with Gasteiger partial charge in [-0.2, -0.15) is 0 Å². The molecule has 3 aromatic carbocycles. The second-order valence-corrected chi connectivity index (χ2v) is 7.38. The first-order valence-corrected chi connectivity index (χ1v) is 9.72. The third kappa shape index (κ3) is 3.13. The van der Waals surface area contributed by atoms with Crippen LogP contribution in [0.15, 0.2) is 84.9 Å². The second kappa shape index (κ2) is 6.98. The molecule has 1 unspecified atom stereocenters. The van der Waals surface area contributed by atoms with Crippen molar-refractivity contribution in [1.82, 2.24) is 4.98 Å². The summed E-state index contributed by atoms with van der Waals surface area (Å²) >= 11 is 0. The van der Waals surface area contributed by atoms with Gasteiger partial charge in [0, 0.05) is 28.5 Å². The molecule has 0 amide bonds. The molecule has 2 heterocycles. The summed E-state index contributed by atoms with van der Waals surface area (Å²) in [6, 6.07) is 30.2. The van der Waals surface area contributed by atoms with E-state index in [1.54, 1.807) is 4.90 Å². The maximum absolute atomic E-state index is 5.03. The highest BCUT2D eigenvalue weighted by atomic mass is 15.1. The number of hydrogen-bond donors (Lipinski definition) is 1. The smallest absolute Gasteiger partial charge is 0.105 e. The molecule has 0 saturated heterocycles. The number of nitrogens with one attached hydrogen (secondary N) is 1. The molecule has 2 heteroatoms. The van der Waals surface area contributed by atoms with Gasteiger partial charge in [0.15, 0.2) is 0 Å². The molecule has 0 aliphatic carbocycles. The highest BCUT2D eigenvalue weighted by molar-refractivity contribution is 5.96. The Morgan fingerprint density at radius 2 is 1.48 bits per heavy atom. The Morgan fingerprint density at radius 1 is 0.778 bits per heavy atom. The van der Waals surface area contributed by atoms with Crippen LogP contribution < -0.4 is 4.90 Å². The van der Waals surface area contributed by atoms with Gasteiger partial charge < -0.3 is 4.90 Å². The van der Waals surface area contributed by atoms with Crippen LogP contribution in [0.2, 0.25) is 0 Å². The van der Waals surface area contributed by atoms with E-state index in [1.807, 2.05) is 0 Å². The fourth-order valence-electron chi connectivity index (χ4n) is 4.30. The first-order chi connectivity index (χ1) is 13.4. The van der Waals surface area contributed by atoms with Crippen molar-refractivity contribution in [3.05, 3.63) is 102 Å². The number of nitrogens with zero attached hydrogens (tertiary/aromatic N) is 1. The molecule has 1 N–H and O–H groups in total. The average Bonchev–Trinajstić information content (AvgIpc) is 2.73. The minimum atomic E-state index is 1.03. The lowest BCUT2D eigenvalue weighted by Gasteiger charge is -2.28. The van der Waals surface area contributed by atoms with Crippen molar-refractivity contribution in [3.8, 4) is 11.1 Å². The van der Waals surface area contributed by atoms with E-state index in [1.165, 1.54) is 33.3 Å². The summed E-state index contributed by atoms with van der Waals surface area (Å²) in [5.74, 6) is 0. The Bertz CT molecular complexity index is 1070. The van der Waals surface area contributed by atoms with E-state index in [9.17, 15) is 0 Å². The molecular weight excluding hydrogens is 328 g/mol. The molecule has 1 aliphatic heterocycles. The molecule has 132 valence electrons. The van der Waals surface area contributed by atoms with Crippen molar-refractivity contribution in [1.29, 1.82) is 0 Å². The van der Waals surface area contributed by atoms with Crippen LogP contribution in [0.4, 0.5) is 0 Å². The van der Waals surface area contributed by atoms with E-state index in [2.05, 4.69) is 84.9 Å². The monoisotopic (exact) mass is 351 g/mol. The van der Waals surface area contributed by atoms with Gasteiger partial charge in [-0.3, -0.25) is 4.98 Å². The van der Waals surface area contributed by atoms with Crippen molar-refractivity contribution >= 4 is 10.9 Å². The van der Waals surface area contributed by atoms with Crippen LogP contribution in [0.3, 0.4) is 0 Å². The molecule has 27 heavy (non-hydrogen) atoms. The third-order valence-corrected chi connectivity index (χ3v) is 5.58. The van der Waals surface area contributed by atoms with Gasteiger partial charge in [0.2, 0.25) is 0 Å². The summed E-state index contributed by atoms with van der Waals surface area (Å²) in [6.45, 7) is 3.25. The fourth-order valence-corrected chi connectivity index (χ4v) is 4.30.